The lowest BCUT2D eigenvalue weighted by atomic mass is 9.68. The third-order valence-electron chi connectivity index (χ3n) is 7.83. The fourth-order valence-electron chi connectivity index (χ4n) is 5.36. The third kappa shape index (κ3) is 9.67. The van der Waals surface area contributed by atoms with Gasteiger partial charge in [0.1, 0.15) is 11.5 Å². The number of benzene rings is 2. The van der Waals surface area contributed by atoms with Gasteiger partial charge in [-0.2, -0.15) is 22.0 Å². The van der Waals surface area contributed by atoms with Crippen LogP contribution in [0.3, 0.4) is 0 Å². The Kier molecular flexibility index (Phi) is 12.7. The molecule has 4 nitrogen and oxygen atoms in total. The Morgan fingerprint density at radius 3 is 2.02 bits per heavy atom. The van der Waals surface area contributed by atoms with Crippen LogP contribution in [-0.4, -0.2) is 59.5 Å². The number of alkyl halides is 5. The molecule has 42 heavy (non-hydrogen) atoms. The molecule has 2 aromatic carbocycles. The molecule has 0 spiro atoms. The molecule has 0 radical (unpaired) electrons. The predicted octanol–water partition coefficient (Wildman–Crippen LogP) is 8.06. The van der Waals surface area contributed by atoms with E-state index in [1.54, 1.807) is 30.0 Å². The van der Waals surface area contributed by atoms with Crippen molar-refractivity contribution in [1.82, 2.24) is 0 Å². The monoisotopic (exact) mass is 654 g/mol. The highest BCUT2D eigenvalue weighted by Gasteiger charge is 2.56. The lowest BCUT2D eigenvalue weighted by molar-refractivity contribution is -0.284. The summed E-state index contributed by atoms with van der Waals surface area (Å²) >= 11 is 1.73. The standard InChI is InChI=1S/C30H39F5O4S3/c1-28(22-9-11-23(36)12-10-22)21-40-27-20-24(37)13-14-25(27)26(28)8-4-2-3-5-16-41(38)18-7-19-42(39)17-6-15-29(31,32)30(33,34)35/h9-14,20,26,36-37H,2-8,15-19,21H2,1H3/t26-,28-,41?,42?/m1/s1. The lowest BCUT2D eigenvalue weighted by Crippen LogP contribution is -2.36. The predicted molar refractivity (Wildman–Crippen MR) is 161 cm³/mol. The summed E-state index contributed by atoms with van der Waals surface area (Å²) in [5.41, 5.74) is 2.22. The normalized spacial score (nSPS) is 20.7. The Morgan fingerprint density at radius 2 is 1.38 bits per heavy atom. The van der Waals surface area contributed by atoms with Gasteiger partial charge in [0.2, 0.25) is 0 Å². The van der Waals surface area contributed by atoms with E-state index in [0.29, 0.717) is 17.9 Å². The van der Waals surface area contributed by atoms with Crippen LogP contribution in [0.2, 0.25) is 0 Å². The molecule has 2 N–H and O–H groups in total. The number of hydrogen-bond acceptors (Lipinski definition) is 5. The van der Waals surface area contributed by atoms with E-state index in [0.717, 1.165) is 48.3 Å². The SMILES string of the molecule is C[C@]1(c2ccc(O)cc2)CSc2cc(O)ccc2[C@H]1CCCCCCS(=O)CCCS(=O)CCCC(F)(F)C(F)(F)F. The maximum atomic E-state index is 12.9. The molecule has 3 rings (SSSR count). The number of thioether (sulfide) groups is 1. The Labute approximate surface area is 253 Å². The molecule has 1 aliphatic heterocycles. The van der Waals surface area contributed by atoms with Gasteiger partial charge in [-0.1, -0.05) is 44.4 Å². The van der Waals surface area contributed by atoms with Gasteiger partial charge in [0.05, 0.1) is 0 Å². The summed E-state index contributed by atoms with van der Waals surface area (Å²) < 4.78 is 86.7. The zero-order valence-electron chi connectivity index (χ0n) is 23.6. The first-order chi connectivity index (χ1) is 19.7. The number of fused-ring (bicyclic) bond motifs is 1. The summed E-state index contributed by atoms with van der Waals surface area (Å²) in [5.74, 6) is -2.46. The second-order valence-electron chi connectivity index (χ2n) is 11.1. The number of hydrogen-bond donors (Lipinski definition) is 2. The minimum absolute atomic E-state index is 0.141. The first-order valence-electron chi connectivity index (χ1n) is 14.1. The number of halogens is 5. The molecule has 0 aromatic heterocycles. The van der Waals surface area contributed by atoms with Crippen LogP contribution in [0.15, 0.2) is 47.4 Å². The first kappa shape index (κ1) is 34.8. The van der Waals surface area contributed by atoms with E-state index >= 15 is 0 Å². The molecule has 1 heterocycles. The fourth-order valence-corrected chi connectivity index (χ4v) is 9.28. The van der Waals surface area contributed by atoms with E-state index in [2.05, 4.69) is 6.92 Å². The zero-order chi connectivity index (χ0) is 31.0. The fraction of sp³-hybridized carbons (Fsp3) is 0.600. The van der Waals surface area contributed by atoms with Crippen molar-refractivity contribution in [2.24, 2.45) is 0 Å². The van der Waals surface area contributed by atoms with Gasteiger partial charge in [0.15, 0.2) is 0 Å². The molecule has 12 heteroatoms. The molecule has 2 aromatic rings. The Bertz CT molecular complexity index is 1210. The van der Waals surface area contributed by atoms with E-state index in [1.165, 1.54) is 5.56 Å². The third-order valence-corrected chi connectivity index (χ3v) is 12.2. The smallest absolute Gasteiger partial charge is 0.453 e. The summed E-state index contributed by atoms with van der Waals surface area (Å²) in [6.07, 6.45) is -2.50. The molecule has 2 unspecified atom stereocenters. The van der Waals surface area contributed by atoms with Crippen molar-refractivity contribution in [3.63, 3.8) is 0 Å². The molecule has 4 atom stereocenters. The van der Waals surface area contributed by atoms with E-state index in [4.69, 9.17) is 0 Å². The number of aromatic hydroxyl groups is 2. The van der Waals surface area contributed by atoms with Gasteiger partial charge in [-0.3, -0.25) is 8.42 Å². The highest BCUT2D eigenvalue weighted by Crippen LogP contribution is 2.52. The number of phenols is 2. The summed E-state index contributed by atoms with van der Waals surface area (Å²) in [7, 11) is -2.61. The number of phenolic OH excluding ortho intramolecular Hbond substituents is 2. The minimum atomic E-state index is -5.59. The molecule has 236 valence electrons. The molecule has 1 aliphatic rings. The van der Waals surface area contributed by atoms with Gasteiger partial charge in [0, 0.05) is 67.1 Å². The topological polar surface area (TPSA) is 74.6 Å². The molecule has 0 amide bonds. The average molecular weight is 655 g/mol. The van der Waals surface area contributed by atoms with Crippen LogP contribution in [0.4, 0.5) is 22.0 Å². The zero-order valence-corrected chi connectivity index (χ0v) is 26.1. The van der Waals surface area contributed by atoms with E-state index in [9.17, 15) is 40.6 Å². The second-order valence-corrected chi connectivity index (χ2v) is 15.5. The summed E-state index contributed by atoms with van der Waals surface area (Å²) in [6.45, 7) is 2.25. The Morgan fingerprint density at radius 1 is 0.810 bits per heavy atom. The largest absolute Gasteiger partial charge is 0.508 e. The van der Waals surface area contributed by atoms with Crippen molar-refractivity contribution >= 4 is 33.4 Å². The molecule has 0 saturated heterocycles. The lowest BCUT2D eigenvalue weighted by Gasteiger charge is -2.43. The van der Waals surface area contributed by atoms with Crippen LogP contribution < -0.4 is 0 Å². The first-order valence-corrected chi connectivity index (χ1v) is 18.1. The van der Waals surface area contributed by atoms with Crippen LogP contribution in [-0.2, 0) is 27.0 Å². The average Bonchev–Trinajstić information content (AvgIpc) is 2.91. The van der Waals surface area contributed by atoms with Gasteiger partial charge in [-0.15, -0.1) is 11.8 Å². The molecule has 0 aliphatic carbocycles. The quantitative estimate of drug-likeness (QED) is 0.142. The molecule has 0 bridgehead atoms. The summed E-state index contributed by atoms with van der Waals surface area (Å²) in [4.78, 5) is 1.09. The number of rotatable bonds is 16. The Hall–Kier alpha value is -1.66. The highest BCUT2D eigenvalue weighted by molar-refractivity contribution is 7.99. The van der Waals surface area contributed by atoms with Crippen molar-refractivity contribution in [3.05, 3.63) is 53.6 Å². The van der Waals surface area contributed by atoms with E-state index in [-0.39, 0.29) is 34.3 Å². The maximum absolute atomic E-state index is 12.9. The molecule has 0 saturated carbocycles. The van der Waals surface area contributed by atoms with Crippen molar-refractivity contribution in [3.8, 4) is 11.5 Å². The van der Waals surface area contributed by atoms with Crippen molar-refractivity contribution < 1.29 is 40.6 Å². The molecular formula is C30H39F5O4S3. The van der Waals surface area contributed by atoms with Crippen LogP contribution in [0, 0.1) is 0 Å². The van der Waals surface area contributed by atoms with Gasteiger partial charge in [0.25, 0.3) is 0 Å². The van der Waals surface area contributed by atoms with Gasteiger partial charge in [-0.25, -0.2) is 0 Å². The van der Waals surface area contributed by atoms with Crippen LogP contribution in [0.25, 0.3) is 0 Å². The van der Waals surface area contributed by atoms with Gasteiger partial charge in [-0.05, 0) is 67.0 Å². The Balaban J connectivity index is 1.38. The van der Waals surface area contributed by atoms with Crippen molar-refractivity contribution in [2.75, 3.05) is 28.8 Å². The summed E-state index contributed by atoms with van der Waals surface area (Å²) in [5, 5.41) is 19.8. The molecular weight excluding hydrogens is 616 g/mol. The van der Waals surface area contributed by atoms with Gasteiger partial charge < -0.3 is 10.2 Å². The highest BCUT2D eigenvalue weighted by atomic mass is 32.2. The van der Waals surface area contributed by atoms with Crippen molar-refractivity contribution in [2.45, 2.75) is 86.6 Å². The van der Waals surface area contributed by atoms with Crippen LogP contribution in [0.1, 0.15) is 75.3 Å². The van der Waals surface area contributed by atoms with Crippen LogP contribution in [0.5, 0.6) is 11.5 Å². The van der Waals surface area contributed by atoms with E-state index < -0.39 is 46.5 Å². The molecule has 0 fully saturated rings. The van der Waals surface area contributed by atoms with Crippen LogP contribution >= 0.6 is 11.8 Å². The van der Waals surface area contributed by atoms with Crippen molar-refractivity contribution in [1.29, 1.82) is 0 Å². The van der Waals surface area contributed by atoms with E-state index in [1.807, 2.05) is 24.3 Å². The number of unbranched alkanes of at least 4 members (excludes halogenated alkanes) is 3. The van der Waals surface area contributed by atoms with Gasteiger partial charge >= 0.3 is 12.1 Å². The second kappa shape index (κ2) is 15.4. The summed E-state index contributed by atoms with van der Waals surface area (Å²) in [6, 6.07) is 12.9. The minimum Gasteiger partial charge on any atom is -0.508 e. The maximum Gasteiger partial charge on any atom is 0.453 e.